The fraction of sp³-hybridized carbons (Fsp3) is 0.525. The Balaban J connectivity index is 1.05. The Labute approximate surface area is 399 Å². The summed E-state index contributed by atoms with van der Waals surface area (Å²) in [7, 11) is 1.95. The summed E-state index contributed by atoms with van der Waals surface area (Å²) in [4.78, 5) is 29.8. The van der Waals surface area contributed by atoms with Crippen LogP contribution in [0.25, 0.3) is 16.7 Å². The maximum absolute atomic E-state index is 15.0. The van der Waals surface area contributed by atoms with E-state index >= 15 is 4.79 Å². The summed E-state index contributed by atoms with van der Waals surface area (Å²) in [6.07, 6.45) is 20.5. The molecule has 7 atom stereocenters. The van der Waals surface area contributed by atoms with Crippen molar-refractivity contribution < 1.29 is 24.2 Å². The van der Waals surface area contributed by atoms with Crippen molar-refractivity contribution in [1.29, 1.82) is 0 Å². The second-order valence-electron chi connectivity index (χ2n) is 21.7. The minimum Gasteiger partial charge on any atom is -0.508 e. The van der Waals surface area contributed by atoms with E-state index in [2.05, 4.69) is 103 Å². The maximum atomic E-state index is 15.0. The number of ether oxygens (including phenoxy) is 2. The molecule has 8 nitrogen and oxygen atoms in total. The molecule has 1 spiro atoms. The molecule has 2 bridgehead atoms. The number of carbonyl (C=O) groups is 2. The molecule has 3 aromatic rings. The van der Waals surface area contributed by atoms with Gasteiger partial charge in [-0.15, -0.1) is 0 Å². The van der Waals surface area contributed by atoms with Gasteiger partial charge in [0.1, 0.15) is 17.3 Å². The summed E-state index contributed by atoms with van der Waals surface area (Å²) in [6.45, 7) is 9.63. The third-order valence-electron chi connectivity index (χ3n) is 17.4. The van der Waals surface area contributed by atoms with Gasteiger partial charge in [-0.1, -0.05) is 88.2 Å². The molecule has 11 rings (SSSR count). The molecular formula is C59H73N3O5. The minimum absolute atomic E-state index is 0.00424. The third kappa shape index (κ3) is 8.58. The molecule has 2 saturated carbocycles. The highest BCUT2D eigenvalue weighted by Gasteiger charge is 2.68. The Morgan fingerprint density at radius 2 is 1.72 bits per heavy atom. The zero-order valence-electron chi connectivity index (χ0n) is 40.4. The van der Waals surface area contributed by atoms with E-state index in [0.29, 0.717) is 23.4 Å². The van der Waals surface area contributed by atoms with E-state index in [9.17, 15) is 9.90 Å². The Morgan fingerprint density at radius 3 is 2.51 bits per heavy atom. The number of carbonyl (C=O) groups excluding carboxylic acids is 2. The molecule has 0 amide bonds. The Hall–Kier alpha value is -4.76. The van der Waals surface area contributed by atoms with E-state index in [4.69, 9.17) is 9.47 Å². The van der Waals surface area contributed by atoms with Gasteiger partial charge in [0.05, 0.1) is 17.2 Å². The average Bonchev–Trinajstić information content (AvgIpc) is 4.04. The lowest BCUT2D eigenvalue weighted by atomic mass is 9.44. The number of allylic oxidation sites excluding steroid dienone is 5. The molecule has 67 heavy (non-hydrogen) atoms. The first-order chi connectivity index (χ1) is 32.6. The van der Waals surface area contributed by atoms with E-state index < -0.39 is 5.41 Å². The van der Waals surface area contributed by atoms with Gasteiger partial charge in [-0.3, -0.25) is 0 Å². The van der Waals surface area contributed by atoms with Crippen LogP contribution >= 0.6 is 0 Å². The van der Waals surface area contributed by atoms with E-state index in [1.165, 1.54) is 50.5 Å². The highest BCUT2D eigenvalue weighted by Crippen LogP contribution is 2.72. The van der Waals surface area contributed by atoms with Gasteiger partial charge in [-0.05, 0) is 202 Å². The summed E-state index contributed by atoms with van der Waals surface area (Å²) in [5, 5.41) is 22.2. The van der Waals surface area contributed by atoms with Crippen molar-refractivity contribution >= 4 is 17.5 Å². The van der Waals surface area contributed by atoms with E-state index in [1.807, 2.05) is 19.2 Å². The van der Waals surface area contributed by atoms with Crippen LogP contribution in [0.2, 0.25) is 0 Å². The van der Waals surface area contributed by atoms with Crippen LogP contribution in [0.5, 0.6) is 5.75 Å². The molecule has 0 radical (unpaired) electrons. The molecule has 3 heterocycles. The van der Waals surface area contributed by atoms with Crippen molar-refractivity contribution in [3.63, 3.8) is 0 Å². The molecule has 5 aliphatic carbocycles. The van der Waals surface area contributed by atoms with Gasteiger partial charge in [0.25, 0.3) is 0 Å². The van der Waals surface area contributed by atoms with E-state index in [0.717, 1.165) is 122 Å². The average molecular weight is 904 g/mol. The van der Waals surface area contributed by atoms with Crippen molar-refractivity contribution in [3.8, 4) is 16.9 Å². The Kier molecular flexibility index (Phi) is 13.3. The standard InChI is InChI=1S/C59H73N3O5/c1-5-38(31-39-14-7-6-8-15-39)33-50-59-28-22-45(52(55(59)57(65)67-50)48-35-43(63)18-19-44(48)41-17-11-16-40(32-41)36-60-4)46-20-21-47-49(66-56(64)53(47)54(46)59)23-27-58(25-9-10-26-58)42-24-30-62-51(34-42)61-29-12-13-37(2)3/h6-8,11,14-19,23,32-33,35,37-38,42,45-46,51,54,60-63H,5,9-10,12-13,20-22,24-31,34,36H2,1-4H3. The van der Waals surface area contributed by atoms with E-state index in [1.54, 1.807) is 6.07 Å². The Bertz CT molecular complexity index is 2480. The van der Waals surface area contributed by atoms with Crippen LogP contribution in [-0.2, 0) is 32.0 Å². The topological polar surface area (TPSA) is 109 Å². The number of cyclic esters (lactones) is 2. The van der Waals surface area contributed by atoms with Crippen LogP contribution in [0.15, 0.2) is 113 Å². The fourth-order valence-corrected chi connectivity index (χ4v) is 14.3. The van der Waals surface area contributed by atoms with Crippen molar-refractivity contribution in [2.45, 2.75) is 130 Å². The number of phenolic OH excluding ortho intramolecular Hbond substituents is 1. The number of rotatable bonds is 16. The van der Waals surface area contributed by atoms with Gasteiger partial charge in [0, 0.05) is 23.6 Å². The number of piperidine rings is 1. The number of fused-ring (bicyclic) bond motifs is 1. The molecule has 4 fully saturated rings. The van der Waals surface area contributed by atoms with Crippen LogP contribution in [0.4, 0.5) is 0 Å². The second-order valence-corrected chi connectivity index (χ2v) is 21.7. The van der Waals surface area contributed by atoms with Crippen LogP contribution < -0.4 is 16.0 Å². The molecule has 354 valence electrons. The zero-order chi connectivity index (χ0) is 46.3. The molecule has 3 aliphatic heterocycles. The predicted molar refractivity (Wildman–Crippen MR) is 266 cm³/mol. The first-order valence-electron chi connectivity index (χ1n) is 26.0. The lowest BCUT2D eigenvalue weighted by Crippen LogP contribution is -2.52. The molecule has 7 unspecified atom stereocenters. The number of phenols is 1. The monoisotopic (exact) mass is 904 g/mol. The van der Waals surface area contributed by atoms with Crippen LogP contribution in [0.1, 0.15) is 127 Å². The number of hydrogen-bond acceptors (Lipinski definition) is 8. The molecule has 8 aliphatic rings. The highest BCUT2D eigenvalue weighted by atomic mass is 16.5. The first kappa shape index (κ1) is 46.0. The molecule has 8 heteroatoms. The third-order valence-corrected chi connectivity index (χ3v) is 17.4. The largest absolute Gasteiger partial charge is 0.508 e. The second kappa shape index (κ2) is 19.3. The number of esters is 2. The summed E-state index contributed by atoms with van der Waals surface area (Å²) in [5.74, 6) is 2.42. The van der Waals surface area contributed by atoms with Crippen molar-refractivity contribution in [1.82, 2.24) is 16.0 Å². The molecular weight excluding hydrogens is 831 g/mol. The van der Waals surface area contributed by atoms with E-state index in [-0.39, 0.29) is 46.8 Å². The van der Waals surface area contributed by atoms with Crippen LogP contribution in [-0.4, -0.2) is 43.3 Å². The number of aromatic hydroxyl groups is 1. The smallest absolute Gasteiger partial charge is 0.340 e. The minimum atomic E-state index is -0.832. The lowest BCUT2D eigenvalue weighted by Gasteiger charge is -2.56. The van der Waals surface area contributed by atoms with Gasteiger partial charge in [0.2, 0.25) is 0 Å². The maximum Gasteiger partial charge on any atom is 0.340 e. The number of nitrogens with one attached hydrogen (secondary N) is 3. The summed E-state index contributed by atoms with van der Waals surface area (Å²) in [6, 6.07) is 24.7. The molecule has 2 saturated heterocycles. The normalized spacial score (nSPS) is 29.1. The fourth-order valence-electron chi connectivity index (χ4n) is 14.3. The highest BCUT2D eigenvalue weighted by molar-refractivity contribution is 6.07. The zero-order valence-corrected chi connectivity index (χ0v) is 40.4. The number of hydrogen-bond donors (Lipinski definition) is 4. The molecule has 3 aromatic carbocycles. The summed E-state index contributed by atoms with van der Waals surface area (Å²) < 4.78 is 13.2. The van der Waals surface area contributed by atoms with Gasteiger partial charge >= 0.3 is 11.9 Å². The number of benzene rings is 3. The molecule has 0 aromatic heterocycles. The summed E-state index contributed by atoms with van der Waals surface area (Å²) in [5.41, 5.74) is 8.22. The van der Waals surface area contributed by atoms with Gasteiger partial charge in [-0.25, -0.2) is 9.59 Å². The van der Waals surface area contributed by atoms with Gasteiger partial charge in [-0.2, -0.15) is 0 Å². The van der Waals surface area contributed by atoms with Crippen molar-refractivity contribution in [3.05, 3.63) is 130 Å². The van der Waals surface area contributed by atoms with Gasteiger partial charge < -0.3 is 30.5 Å². The van der Waals surface area contributed by atoms with Crippen LogP contribution in [0, 0.1) is 46.3 Å². The Morgan fingerprint density at radius 1 is 0.896 bits per heavy atom. The predicted octanol–water partition coefficient (Wildman–Crippen LogP) is 11.7. The van der Waals surface area contributed by atoms with Crippen LogP contribution in [0.3, 0.4) is 0 Å². The summed E-state index contributed by atoms with van der Waals surface area (Å²) >= 11 is 0. The quantitative estimate of drug-likeness (QED) is 0.0831. The first-order valence-corrected chi connectivity index (χ1v) is 26.0. The lowest BCUT2D eigenvalue weighted by molar-refractivity contribution is -0.135. The van der Waals surface area contributed by atoms with Crippen molar-refractivity contribution in [2.75, 3.05) is 20.1 Å². The molecule has 4 N–H and O–H groups in total. The SMILES string of the molecule is CCC(C=C1OC(=O)C2=C(c3cc(O)ccc3-c3cccc(CNC)c3)C3CCC12C1C2=C(CCC31)C(=CCC1(C3CCNC(NCCCC(C)C)C3)CCCC1)OC2=O)Cc1ccccc1. The van der Waals surface area contributed by atoms with Gasteiger partial charge in [0.15, 0.2) is 0 Å². The van der Waals surface area contributed by atoms with Crippen molar-refractivity contribution in [2.24, 2.45) is 46.3 Å².